The number of nitrogen functional groups attached to an aromatic ring is 1. The molecule has 0 atom stereocenters. The number of carbonyl (C=O) groups excluding carboxylic acids is 1. The van der Waals surface area contributed by atoms with Gasteiger partial charge >= 0.3 is 0 Å². The number of carbonyl (C=O) groups is 1. The molecule has 3 N–H and O–H groups in total. The van der Waals surface area contributed by atoms with Crippen LogP contribution in [0.3, 0.4) is 0 Å². The molecule has 0 radical (unpaired) electrons. The van der Waals surface area contributed by atoms with Crippen molar-refractivity contribution >= 4 is 11.6 Å². The van der Waals surface area contributed by atoms with Crippen molar-refractivity contribution < 1.29 is 9.18 Å². The Kier molecular flexibility index (Phi) is 3.22. The number of anilines is 1. The van der Waals surface area contributed by atoms with E-state index in [-0.39, 0.29) is 17.8 Å². The third-order valence-electron chi connectivity index (χ3n) is 2.31. The second kappa shape index (κ2) is 4.82. The second-order valence-corrected chi connectivity index (χ2v) is 3.75. The van der Waals surface area contributed by atoms with Gasteiger partial charge in [-0.25, -0.2) is 9.37 Å². The van der Waals surface area contributed by atoms with Gasteiger partial charge in [0.15, 0.2) is 5.82 Å². The van der Waals surface area contributed by atoms with Gasteiger partial charge in [0.05, 0.1) is 12.1 Å². The highest BCUT2D eigenvalue weighted by Crippen LogP contribution is 2.13. The van der Waals surface area contributed by atoms with Crippen LogP contribution in [0.25, 0.3) is 0 Å². The normalized spacial score (nSPS) is 10.3. The molecule has 1 aromatic heterocycles. The predicted octanol–water partition coefficient (Wildman–Crippen LogP) is 0.466. The minimum Gasteiger partial charge on any atom is -0.398 e. The van der Waals surface area contributed by atoms with Gasteiger partial charge in [0, 0.05) is 12.7 Å². The summed E-state index contributed by atoms with van der Waals surface area (Å²) in [5.41, 5.74) is 5.93. The molecule has 6 nitrogen and oxygen atoms in total. The lowest BCUT2D eigenvalue weighted by molar-refractivity contribution is 0.0950. The molecule has 1 heterocycles. The van der Waals surface area contributed by atoms with Crippen molar-refractivity contribution in [2.75, 3.05) is 5.73 Å². The SMILES string of the molecule is Cn1cnc(CNC(=O)c2cc(F)ccc2N)n1. The fourth-order valence-corrected chi connectivity index (χ4v) is 1.44. The first-order valence-electron chi connectivity index (χ1n) is 5.24. The van der Waals surface area contributed by atoms with Crippen LogP contribution in [0.1, 0.15) is 16.2 Å². The number of benzene rings is 1. The van der Waals surface area contributed by atoms with Crippen molar-refractivity contribution in [3.8, 4) is 0 Å². The van der Waals surface area contributed by atoms with Crippen molar-refractivity contribution in [2.24, 2.45) is 7.05 Å². The topological polar surface area (TPSA) is 85.8 Å². The Hall–Kier alpha value is -2.44. The maximum Gasteiger partial charge on any atom is 0.253 e. The molecule has 94 valence electrons. The highest BCUT2D eigenvalue weighted by Gasteiger charge is 2.11. The van der Waals surface area contributed by atoms with E-state index in [4.69, 9.17) is 5.73 Å². The molecule has 0 spiro atoms. The van der Waals surface area contributed by atoms with E-state index in [0.29, 0.717) is 5.82 Å². The summed E-state index contributed by atoms with van der Waals surface area (Å²) < 4.78 is 14.5. The molecule has 0 bridgehead atoms. The molecule has 1 amide bonds. The fraction of sp³-hybridized carbons (Fsp3) is 0.182. The van der Waals surface area contributed by atoms with E-state index < -0.39 is 11.7 Å². The highest BCUT2D eigenvalue weighted by molar-refractivity contribution is 5.99. The summed E-state index contributed by atoms with van der Waals surface area (Å²) in [6.07, 6.45) is 1.53. The Morgan fingerprint density at radius 2 is 2.33 bits per heavy atom. The van der Waals surface area contributed by atoms with E-state index in [2.05, 4.69) is 15.4 Å². The Balaban J connectivity index is 2.05. The first-order chi connectivity index (χ1) is 8.56. The molecule has 7 heteroatoms. The Bertz CT molecular complexity index is 581. The molecule has 0 aliphatic carbocycles. The van der Waals surface area contributed by atoms with Gasteiger partial charge in [-0.15, -0.1) is 0 Å². The first-order valence-corrected chi connectivity index (χ1v) is 5.24. The zero-order valence-electron chi connectivity index (χ0n) is 9.72. The lowest BCUT2D eigenvalue weighted by atomic mass is 10.1. The lowest BCUT2D eigenvalue weighted by Crippen LogP contribution is -2.24. The van der Waals surface area contributed by atoms with Crippen LogP contribution in [0.4, 0.5) is 10.1 Å². The summed E-state index contributed by atoms with van der Waals surface area (Å²) >= 11 is 0. The van der Waals surface area contributed by atoms with Crippen LogP contribution in [0, 0.1) is 5.82 Å². The van der Waals surface area contributed by atoms with Crippen LogP contribution in [0.2, 0.25) is 0 Å². The molecule has 2 rings (SSSR count). The number of rotatable bonds is 3. The highest BCUT2D eigenvalue weighted by atomic mass is 19.1. The van der Waals surface area contributed by atoms with Crippen molar-refractivity contribution in [3.05, 3.63) is 41.7 Å². The van der Waals surface area contributed by atoms with Crippen LogP contribution >= 0.6 is 0 Å². The lowest BCUT2D eigenvalue weighted by Gasteiger charge is -2.05. The first kappa shape index (κ1) is 12.0. The zero-order valence-corrected chi connectivity index (χ0v) is 9.72. The summed E-state index contributed by atoms with van der Waals surface area (Å²) in [5.74, 6) is -0.495. The third kappa shape index (κ3) is 2.62. The van der Waals surface area contributed by atoms with E-state index in [1.165, 1.54) is 23.1 Å². The van der Waals surface area contributed by atoms with Gasteiger partial charge in [-0.05, 0) is 18.2 Å². The minimum absolute atomic E-state index is 0.103. The van der Waals surface area contributed by atoms with E-state index in [9.17, 15) is 9.18 Å². The van der Waals surface area contributed by atoms with Crippen LogP contribution < -0.4 is 11.1 Å². The van der Waals surface area contributed by atoms with Crippen molar-refractivity contribution in [3.63, 3.8) is 0 Å². The van der Waals surface area contributed by atoms with Gasteiger partial charge in [0.2, 0.25) is 0 Å². The number of amides is 1. The quantitative estimate of drug-likeness (QED) is 0.774. The molecule has 18 heavy (non-hydrogen) atoms. The molecule has 1 aromatic carbocycles. The van der Waals surface area contributed by atoms with Crippen LogP contribution in [-0.4, -0.2) is 20.7 Å². The van der Waals surface area contributed by atoms with E-state index in [1.807, 2.05) is 0 Å². The number of hydrogen-bond donors (Lipinski definition) is 2. The number of hydrogen-bond acceptors (Lipinski definition) is 4. The number of aryl methyl sites for hydroxylation is 1. The fourth-order valence-electron chi connectivity index (χ4n) is 1.44. The molecule has 0 unspecified atom stereocenters. The van der Waals surface area contributed by atoms with Gasteiger partial charge in [-0.1, -0.05) is 0 Å². The average Bonchev–Trinajstić information content (AvgIpc) is 2.75. The molecule has 0 fully saturated rings. The van der Waals surface area contributed by atoms with E-state index in [1.54, 1.807) is 7.05 Å². The monoisotopic (exact) mass is 249 g/mol. The van der Waals surface area contributed by atoms with Crippen LogP contribution in [0.15, 0.2) is 24.5 Å². The van der Waals surface area contributed by atoms with E-state index in [0.717, 1.165) is 6.07 Å². The minimum atomic E-state index is -0.509. The summed E-state index contributed by atoms with van der Waals surface area (Å²) in [7, 11) is 1.73. The molecule has 2 aromatic rings. The number of nitrogens with two attached hydrogens (primary N) is 1. The van der Waals surface area contributed by atoms with Crippen molar-refractivity contribution in [1.82, 2.24) is 20.1 Å². The summed E-state index contributed by atoms with van der Waals surface area (Å²) in [4.78, 5) is 15.7. The van der Waals surface area contributed by atoms with Crippen molar-refractivity contribution in [1.29, 1.82) is 0 Å². The number of nitrogens with one attached hydrogen (secondary N) is 1. The van der Waals surface area contributed by atoms with Crippen molar-refractivity contribution in [2.45, 2.75) is 6.54 Å². The molecule has 0 aliphatic heterocycles. The Labute approximate surface area is 103 Å². The molecular formula is C11H12FN5O. The summed E-state index contributed by atoms with van der Waals surface area (Å²) in [5, 5.41) is 6.57. The predicted molar refractivity (Wildman–Crippen MR) is 63.0 cm³/mol. The Morgan fingerprint density at radius 3 is 3.00 bits per heavy atom. The number of aromatic nitrogens is 3. The smallest absolute Gasteiger partial charge is 0.253 e. The molecule has 0 saturated heterocycles. The summed E-state index contributed by atoms with van der Waals surface area (Å²) in [6.45, 7) is 0.162. The molecule has 0 saturated carbocycles. The maximum absolute atomic E-state index is 13.0. The van der Waals surface area contributed by atoms with Gasteiger partial charge in [-0.3, -0.25) is 9.48 Å². The average molecular weight is 249 g/mol. The largest absolute Gasteiger partial charge is 0.398 e. The maximum atomic E-state index is 13.0. The molecular weight excluding hydrogens is 237 g/mol. The van der Waals surface area contributed by atoms with Crippen LogP contribution in [0.5, 0.6) is 0 Å². The van der Waals surface area contributed by atoms with Gasteiger partial charge < -0.3 is 11.1 Å². The zero-order chi connectivity index (χ0) is 13.1. The van der Waals surface area contributed by atoms with Gasteiger partial charge in [0.1, 0.15) is 12.1 Å². The third-order valence-corrected chi connectivity index (χ3v) is 2.31. The number of nitrogens with zero attached hydrogens (tertiary/aromatic N) is 3. The van der Waals surface area contributed by atoms with Gasteiger partial charge in [0.25, 0.3) is 5.91 Å². The Morgan fingerprint density at radius 1 is 1.56 bits per heavy atom. The van der Waals surface area contributed by atoms with Crippen LogP contribution in [-0.2, 0) is 13.6 Å². The van der Waals surface area contributed by atoms with Gasteiger partial charge in [-0.2, -0.15) is 5.10 Å². The molecule has 0 aliphatic rings. The van der Waals surface area contributed by atoms with E-state index >= 15 is 0 Å². The standard InChI is InChI=1S/C11H12FN5O/c1-17-6-15-10(16-17)5-14-11(18)8-4-7(12)2-3-9(8)13/h2-4,6H,5,13H2,1H3,(H,14,18). The summed E-state index contributed by atoms with van der Waals surface area (Å²) in [6, 6.07) is 3.65. The number of halogens is 1. The second-order valence-electron chi connectivity index (χ2n) is 3.75.